The lowest BCUT2D eigenvalue weighted by atomic mass is 10.1. The summed E-state index contributed by atoms with van der Waals surface area (Å²) in [5.41, 5.74) is 1.70. The smallest absolute Gasteiger partial charge is 0.251 e. The van der Waals surface area contributed by atoms with E-state index in [1.807, 2.05) is 50.5 Å². The second-order valence-corrected chi connectivity index (χ2v) is 7.44. The van der Waals surface area contributed by atoms with E-state index in [9.17, 15) is 4.79 Å². The average Bonchev–Trinajstić information content (AvgIpc) is 3.26. The second kappa shape index (κ2) is 10.3. The number of methoxy groups -OCH3 is 1. The van der Waals surface area contributed by atoms with E-state index in [0.29, 0.717) is 18.7 Å². The van der Waals surface area contributed by atoms with E-state index in [0.717, 1.165) is 36.5 Å². The van der Waals surface area contributed by atoms with Crippen LogP contribution in [0.15, 0.2) is 48.5 Å². The second-order valence-electron chi connectivity index (χ2n) is 7.44. The Hall–Kier alpha value is -2.57. The van der Waals surface area contributed by atoms with Gasteiger partial charge in [0.2, 0.25) is 0 Å². The lowest BCUT2D eigenvalue weighted by Gasteiger charge is -2.25. The Labute approximate surface area is 172 Å². The van der Waals surface area contributed by atoms with Crippen LogP contribution in [-0.4, -0.2) is 57.9 Å². The summed E-state index contributed by atoms with van der Waals surface area (Å²) in [5.74, 6) is 1.45. The van der Waals surface area contributed by atoms with Crippen molar-refractivity contribution < 1.29 is 19.0 Å². The highest BCUT2D eigenvalue weighted by Crippen LogP contribution is 2.22. The quantitative estimate of drug-likeness (QED) is 0.702. The number of hydrogen-bond acceptors (Lipinski definition) is 5. The Morgan fingerprint density at radius 1 is 1.21 bits per heavy atom. The molecule has 1 aliphatic rings. The van der Waals surface area contributed by atoms with Crippen molar-refractivity contribution in [1.82, 2.24) is 10.2 Å². The zero-order chi connectivity index (χ0) is 20.6. The minimum absolute atomic E-state index is 0.0445. The van der Waals surface area contributed by atoms with E-state index in [1.165, 1.54) is 0 Å². The molecular formula is C23H30N2O4. The molecule has 156 valence electrons. The summed E-state index contributed by atoms with van der Waals surface area (Å²) in [6.07, 6.45) is 2.31. The molecule has 6 heteroatoms. The fourth-order valence-electron chi connectivity index (χ4n) is 3.41. The van der Waals surface area contributed by atoms with Crippen molar-refractivity contribution in [3.05, 3.63) is 59.7 Å². The molecule has 0 radical (unpaired) electrons. The summed E-state index contributed by atoms with van der Waals surface area (Å²) >= 11 is 0. The number of ether oxygens (including phenoxy) is 3. The summed E-state index contributed by atoms with van der Waals surface area (Å²) in [6.45, 7) is 1.86. The van der Waals surface area contributed by atoms with E-state index >= 15 is 0 Å². The third-order valence-electron chi connectivity index (χ3n) is 5.13. The summed E-state index contributed by atoms with van der Waals surface area (Å²) in [7, 11) is 5.65. The van der Waals surface area contributed by atoms with Gasteiger partial charge in [0.25, 0.3) is 5.91 Å². The molecule has 0 spiro atoms. The average molecular weight is 399 g/mol. The van der Waals surface area contributed by atoms with Crippen molar-refractivity contribution in [3.8, 4) is 11.5 Å². The molecule has 1 aliphatic heterocycles. The van der Waals surface area contributed by atoms with Crippen molar-refractivity contribution in [1.29, 1.82) is 0 Å². The van der Waals surface area contributed by atoms with Gasteiger partial charge in [-0.2, -0.15) is 0 Å². The van der Waals surface area contributed by atoms with Crippen LogP contribution in [0, 0.1) is 0 Å². The predicted octanol–water partition coefficient (Wildman–Crippen LogP) is 3.29. The molecule has 0 bridgehead atoms. The molecule has 0 aromatic heterocycles. The van der Waals surface area contributed by atoms with Gasteiger partial charge < -0.3 is 24.4 Å². The van der Waals surface area contributed by atoms with Crippen molar-refractivity contribution in [3.63, 3.8) is 0 Å². The van der Waals surface area contributed by atoms with E-state index in [4.69, 9.17) is 14.2 Å². The zero-order valence-electron chi connectivity index (χ0n) is 17.4. The summed E-state index contributed by atoms with van der Waals surface area (Å²) < 4.78 is 16.6. The van der Waals surface area contributed by atoms with Crippen LogP contribution < -0.4 is 14.8 Å². The monoisotopic (exact) mass is 398 g/mol. The van der Waals surface area contributed by atoms with Crippen LogP contribution >= 0.6 is 0 Å². The largest absolute Gasteiger partial charge is 0.497 e. The van der Waals surface area contributed by atoms with Gasteiger partial charge in [-0.1, -0.05) is 12.1 Å². The summed E-state index contributed by atoms with van der Waals surface area (Å²) in [5, 5.41) is 3.03. The Bertz CT molecular complexity index is 786. The van der Waals surface area contributed by atoms with Gasteiger partial charge >= 0.3 is 0 Å². The number of carbonyl (C=O) groups excluding carboxylic acids is 1. The zero-order valence-corrected chi connectivity index (χ0v) is 17.4. The van der Waals surface area contributed by atoms with Crippen molar-refractivity contribution in [2.45, 2.75) is 25.0 Å². The molecular weight excluding hydrogens is 368 g/mol. The number of amides is 1. The first kappa shape index (κ1) is 21.1. The van der Waals surface area contributed by atoms with Crippen molar-refractivity contribution >= 4 is 5.91 Å². The fourth-order valence-corrected chi connectivity index (χ4v) is 3.41. The van der Waals surface area contributed by atoms with Gasteiger partial charge in [0, 0.05) is 18.7 Å². The molecule has 1 fully saturated rings. The SMILES string of the molecule is COc1cccc(C(CNC(=O)c2ccc(OCC3CCCO3)cc2)N(C)C)c1. The lowest BCUT2D eigenvalue weighted by Crippen LogP contribution is -2.34. The first-order valence-electron chi connectivity index (χ1n) is 10.00. The number of rotatable bonds is 9. The number of hydrogen-bond donors (Lipinski definition) is 1. The molecule has 1 saturated heterocycles. The number of nitrogens with zero attached hydrogens (tertiary/aromatic N) is 1. The minimum Gasteiger partial charge on any atom is -0.497 e. The van der Waals surface area contributed by atoms with Crippen molar-refractivity contribution in [2.75, 3.05) is 41.0 Å². The van der Waals surface area contributed by atoms with Crippen LogP contribution in [0.2, 0.25) is 0 Å². The Morgan fingerprint density at radius 3 is 2.66 bits per heavy atom. The molecule has 6 nitrogen and oxygen atoms in total. The van der Waals surface area contributed by atoms with E-state index in [-0.39, 0.29) is 18.1 Å². The first-order valence-corrected chi connectivity index (χ1v) is 10.00. The van der Waals surface area contributed by atoms with Gasteiger partial charge in [0.05, 0.1) is 19.3 Å². The highest BCUT2D eigenvalue weighted by molar-refractivity contribution is 5.94. The van der Waals surface area contributed by atoms with Crippen LogP contribution in [0.4, 0.5) is 0 Å². The van der Waals surface area contributed by atoms with Crippen LogP contribution in [0.3, 0.4) is 0 Å². The summed E-state index contributed by atoms with van der Waals surface area (Å²) in [6, 6.07) is 15.2. The third-order valence-corrected chi connectivity index (χ3v) is 5.13. The topological polar surface area (TPSA) is 60.0 Å². The number of nitrogens with one attached hydrogen (secondary N) is 1. The molecule has 1 heterocycles. The molecule has 1 N–H and O–H groups in total. The fraction of sp³-hybridized carbons (Fsp3) is 0.435. The number of benzene rings is 2. The highest BCUT2D eigenvalue weighted by Gasteiger charge is 2.18. The van der Waals surface area contributed by atoms with Crippen LogP contribution in [-0.2, 0) is 4.74 Å². The molecule has 0 aliphatic carbocycles. The normalized spacial score (nSPS) is 17.2. The molecule has 1 amide bonds. The molecule has 0 saturated carbocycles. The van der Waals surface area contributed by atoms with Gasteiger partial charge in [0.1, 0.15) is 18.1 Å². The van der Waals surface area contributed by atoms with Crippen LogP contribution in [0.5, 0.6) is 11.5 Å². The Kier molecular flexibility index (Phi) is 7.49. The Balaban J connectivity index is 1.55. The lowest BCUT2D eigenvalue weighted by molar-refractivity contribution is 0.0679. The number of carbonyl (C=O) groups is 1. The standard InChI is InChI=1S/C23H30N2O4/c1-25(2)22(18-6-4-7-20(14-18)27-3)15-24-23(26)17-9-11-19(12-10-17)29-16-21-8-5-13-28-21/h4,6-7,9-12,14,21-22H,5,8,13,15-16H2,1-3H3,(H,24,26). The number of likely N-dealkylation sites (N-methyl/N-ethyl adjacent to an activating group) is 1. The molecule has 2 unspecified atom stereocenters. The molecule has 29 heavy (non-hydrogen) atoms. The van der Waals surface area contributed by atoms with E-state index in [1.54, 1.807) is 19.2 Å². The first-order chi connectivity index (χ1) is 14.1. The molecule has 2 atom stereocenters. The van der Waals surface area contributed by atoms with Gasteiger partial charge in [0.15, 0.2) is 0 Å². The van der Waals surface area contributed by atoms with Crippen molar-refractivity contribution in [2.24, 2.45) is 0 Å². The van der Waals surface area contributed by atoms with Gasteiger partial charge in [-0.3, -0.25) is 4.79 Å². The third kappa shape index (κ3) is 5.95. The highest BCUT2D eigenvalue weighted by atomic mass is 16.5. The molecule has 2 aromatic carbocycles. The van der Waals surface area contributed by atoms with Gasteiger partial charge in [-0.25, -0.2) is 0 Å². The predicted molar refractivity (Wildman–Crippen MR) is 113 cm³/mol. The van der Waals surface area contributed by atoms with Crippen LogP contribution in [0.25, 0.3) is 0 Å². The summed E-state index contributed by atoms with van der Waals surface area (Å²) in [4.78, 5) is 14.7. The molecule has 3 rings (SSSR count). The maximum Gasteiger partial charge on any atom is 0.251 e. The molecule has 2 aromatic rings. The van der Waals surface area contributed by atoms with E-state index < -0.39 is 0 Å². The van der Waals surface area contributed by atoms with Gasteiger partial charge in [-0.05, 0) is 68.9 Å². The maximum atomic E-state index is 12.6. The maximum absolute atomic E-state index is 12.6. The Morgan fingerprint density at radius 2 is 2.00 bits per heavy atom. The van der Waals surface area contributed by atoms with E-state index in [2.05, 4.69) is 10.2 Å². The minimum atomic E-state index is -0.106. The van der Waals surface area contributed by atoms with Crippen LogP contribution in [0.1, 0.15) is 34.8 Å². The van der Waals surface area contributed by atoms with Gasteiger partial charge in [-0.15, -0.1) is 0 Å².